The summed E-state index contributed by atoms with van der Waals surface area (Å²) in [7, 11) is 1.66. The number of ether oxygens (including phenoxy) is 1. The molecule has 1 saturated carbocycles. The van der Waals surface area contributed by atoms with Crippen LogP contribution in [0.15, 0.2) is 0 Å². The minimum atomic E-state index is -0.142. The predicted molar refractivity (Wildman–Crippen MR) is 82.4 cm³/mol. The van der Waals surface area contributed by atoms with Crippen LogP contribution in [-0.2, 0) is 14.3 Å². The lowest BCUT2D eigenvalue weighted by atomic mass is 9.90. The fourth-order valence-electron chi connectivity index (χ4n) is 4.15. The third-order valence-corrected chi connectivity index (χ3v) is 5.30. The quantitative estimate of drug-likeness (QED) is 0.818. The summed E-state index contributed by atoms with van der Waals surface area (Å²) in [6.07, 6.45) is 6.56. The van der Waals surface area contributed by atoms with Crippen molar-refractivity contribution in [1.82, 2.24) is 15.1 Å². The SMILES string of the molecule is CNC(=O)C1CCCN1CC(=O)N1CCOC2CCCCC21. The van der Waals surface area contributed by atoms with E-state index < -0.39 is 0 Å². The number of likely N-dealkylation sites (tertiary alicyclic amines) is 1. The summed E-state index contributed by atoms with van der Waals surface area (Å²) in [5, 5.41) is 2.71. The molecule has 0 aromatic carbocycles. The number of hydrogen-bond acceptors (Lipinski definition) is 4. The Morgan fingerprint density at radius 1 is 1.14 bits per heavy atom. The molecule has 3 rings (SSSR count). The van der Waals surface area contributed by atoms with Crippen molar-refractivity contribution >= 4 is 11.8 Å². The van der Waals surface area contributed by atoms with Crippen LogP contribution in [-0.4, -0.2) is 73.1 Å². The highest BCUT2D eigenvalue weighted by atomic mass is 16.5. The molecule has 0 aromatic rings. The molecule has 6 nitrogen and oxygen atoms in total. The summed E-state index contributed by atoms with van der Waals surface area (Å²) in [6, 6.07) is 0.105. The van der Waals surface area contributed by atoms with Crippen molar-refractivity contribution in [3.63, 3.8) is 0 Å². The first-order chi connectivity index (χ1) is 10.7. The summed E-state index contributed by atoms with van der Waals surface area (Å²) >= 11 is 0. The highest BCUT2D eigenvalue weighted by Crippen LogP contribution is 2.29. The van der Waals surface area contributed by atoms with Gasteiger partial charge in [-0.25, -0.2) is 0 Å². The number of amides is 2. The highest BCUT2D eigenvalue weighted by molar-refractivity contribution is 5.84. The molecule has 2 aliphatic heterocycles. The Bertz CT molecular complexity index is 427. The molecule has 22 heavy (non-hydrogen) atoms. The summed E-state index contributed by atoms with van der Waals surface area (Å²) in [4.78, 5) is 28.7. The van der Waals surface area contributed by atoms with Crippen LogP contribution in [0.25, 0.3) is 0 Å². The van der Waals surface area contributed by atoms with Gasteiger partial charge in [0.05, 0.1) is 31.3 Å². The average molecular weight is 309 g/mol. The normalized spacial score (nSPS) is 32.6. The molecule has 6 heteroatoms. The standard InChI is InChI=1S/C16H27N3O3/c1-17-16(21)13-6-4-8-18(13)11-15(20)19-9-10-22-14-7-3-2-5-12(14)19/h12-14H,2-11H2,1H3,(H,17,21). The minimum absolute atomic E-state index is 0.0304. The molecule has 1 N–H and O–H groups in total. The molecular weight excluding hydrogens is 282 g/mol. The van der Waals surface area contributed by atoms with Gasteiger partial charge in [-0.3, -0.25) is 14.5 Å². The molecule has 2 heterocycles. The number of nitrogens with zero attached hydrogens (tertiary/aromatic N) is 2. The van der Waals surface area contributed by atoms with Crippen LogP contribution in [0.5, 0.6) is 0 Å². The Balaban J connectivity index is 1.62. The van der Waals surface area contributed by atoms with Gasteiger partial charge in [0.2, 0.25) is 11.8 Å². The van der Waals surface area contributed by atoms with E-state index in [2.05, 4.69) is 5.32 Å². The molecule has 0 bridgehead atoms. The van der Waals surface area contributed by atoms with Crippen molar-refractivity contribution in [1.29, 1.82) is 0 Å². The van der Waals surface area contributed by atoms with Crippen LogP contribution in [0, 0.1) is 0 Å². The van der Waals surface area contributed by atoms with E-state index in [-0.39, 0.29) is 30.0 Å². The van der Waals surface area contributed by atoms with Gasteiger partial charge in [0, 0.05) is 13.6 Å². The molecule has 3 atom stereocenters. The third-order valence-electron chi connectivity index (χ3n) is 5.30. The smallest absolute Gasteiger partial charge is 0.237 e. The zero-order valence-corrected chi connectivity index (χ0v) is 13.4. The predicted octanol–water partition coefficient (Wildman–Crippen LogP) is 0.367. The number of carbonyl (C=O) groups is 2. The summed E-state index contributed by atoms with van der Waals surface area (Å²) in [5.74, 6) is 0.193. The fourth-order valence-corrected chi connectivity index (χ4v) is 4.15. The number of carbonyl (C=O) groups excluding carboxylic acids is 2. The largest absolute Gasteiger partial charge is 0.374 e. The molecule has 0 spiro atoms. The zero-order chi connectivity index (χ0) is 15.5. The maximum Gasteiger partial charge on any atom is 0.237 e. The molecule has 3 aliphatic rings. The lowest BCUT2D eigenvalue weighted by Gasteiger charge is -2.44. The van der Waals surface area contributed by atoms with Gasteiger partial charge in [0.15, 0.2) is 0 Å². The number of hydrogen-bond donors (Lipinski definition) is 1. The lowest BCUT2D eigenvalue weighted by Crippen LogP contribution is -2.57. The Kier molecular flexibility index (Phi) is 4.98. The first kappa shape index (κ1) is 15.7. The molecule has 3 unspecified atom stereocenters. The van der Waals surface area contributed by atoms with E-state index in [9.17, 15) is 9.59 Å². The van der Waals surface area contributed by atoms with Crippen molar-refractivity contribution < 1.29 is 14.3 Å². The molecular formula is C16H27N3O3. The van der Waals surface area contributed by atoms with Gasteiger partial charge in [-0.1, -0.05) is 12.8 Å². The maximum atomic E-state index is 12.8. The van der Waals surface area contributed by atoms with E-state index in [4.69, 9.17) is 4.74 Å². The highest BCUT2D eigenvalue weighted by Gasteiger charge is 2.38. The Morgan fingerprint density at radius 3 is 2.77 bits per heavy atom. The number of nitrogens with one attached hydrogen (secondary N) is 1. The van der Waals surface area contributed by atoms with Gasteiger partial charge < -0.3 is 15.0 Å². The van der Waals surface area contributed by atoms with Crippen molar-refractivity contribution in [2.24, 2.45) is 0 Å². The van der Waals surface area contributed by atoms with E-state index in [1.54, 1.807) is 7.05 Å². The Morgan fingerprint density at radius 2 is 1.95 bits per heavy atom. The number of rotatable bonds is 3. The van der Waals surface area contributed by atoms with Crippen molar-refractivity contribution in [3.8, 4) is 0 Å². The van der Waals surface area contributed by atoms with Crippen LogP contribution in [0.2, 0.25) is 0 Å². The molecule has 0 radical (unpaired) electrons. The number of fused-ring (bicyclic) bond motifs is 1. The van der Waals surface area contributed by atoms with E-state index in [1.165, 1.54) is 12.8 Å². The topological polar surface area (TPSA) is 61.9 Å². The molecule has 0 aromatic heterocycles. The second-order valence-corrected chi connectivity index (χ2v) is 6.59. The van der Waals surface area contributed by atoms with Gasteiger partial charge in [0.1, 0.15) is 0 Å². The van der Waals surface area contributed by atoms with Gasteiger partial charge in [-0.15, -0.1) is 0 Å². The number of likely N-dealkylation sites (N-methyl/N-ethyl adjacent to an activating group) is 1. The molecule has 2 saturated heterocycles. The van der Waals surface area contributed by atoms with E-state index in [0.29, 0.717) is 19.7 Å². The van der Waals surface area contributed by atoms with E-state index in [1.807, 2.05) is 9.80 Å². The zero-order valence-electron chi connectivity index (χ0n) is 13.4. The second kappa shape index (κ2) is 6.96. The first-order valence-corrected chi connectivity index (χ1v) is 8.57. The number of morpholine rings is 1. The van der Waals surface area contributed by atoms with Crippen molar-refractivity contribution in [3.05, 3.63) is 0 Å². The Labute approximate surface area is 132 Å². The lowest BCUT2D eigenvalue weighted by molar-refractivity contribution is -0.151. The average Bonchev–Trinajstić information content (AvgIpc) is 3.01. The van der Waals surface area contributed by atoms with Crippen LogP contribution in [0.1, 0.15) is 38.5 Å². The summed E-state index contributed by atoms with van der Waals surface area (Å²) < 4.78 is 5.84. The fraction of sp³-hybridized carbons (Fsp3) is 0.875. The van der Waals surface area contributed by atoms with Gasteiger partial charge >= 0.3 is 0 Å². The maximum absolute atomic E-state index is 12.8. The third kappa shape index (κ3) is 3.13. The Hall–Kier alpha value is -1.14. The van der Waals surface area contributed by atoms with Crippen molar-refractivity contribution in [2.45, 2.75) is 56.7 Å². The van der Waals surface area contributed by atoms with Crippen LogP contribution < -0.4 is 5.32 Å². The summed E-state index contributed by atoms with van der Waals surface area (Å²) in [6.45, 7) is 2.54. The second-order valence-electron chi connectivity index (χ2n) is 6.59. The van der Waals surface area contributed by atoms with Crippen LogP contribution >= 0.6 is 0 Å². The molecule has 2 amide bonds. The molecule has 3 fully saturated rings. The van der Waals surface area contributed by atoms with Crippen LogP contribution in [0.4, 0.5) is 0 Å². The first-order valence-electron chi connectivity index (χ1n) is 8.57. The van der Waals surface area contributed by atoms with Crippen molar-refractivity contribution in [2.75, 3.05) is 33.3 Å². The van der Waals surface area contributed by atoms with E-state index in [0.717, 1.165) is 32.2 Å². The van der Waals surface area contributed by atoms with Crippen LogP contribution in [0.3, 0.4) is 0 Å². The molecule has 124 valence electrons. The summed E-state index contributed by atoms with van der Waals surface area (Å²) in [5.41, 5.74) is 0. The van der Waals surface area contributed by atoms with Gasteiger partial charge in [-0.05, 0) is 32.2 Å². The molecule has 1 aliphatic carbocycles. The van der Waals surface area contributed by atoms with Gasteiger partial charge in [-0.2, -0.15) is 0 Å². The van der Waals surface area contributed by atoms with E-state index >= 15 is 0 Å². The van der Waals surface area contributed by atoms with Gasteiger partial charge in [0.25, 0.3) is 0 Å². The minimum Gasteiger partial charge on any atom is -0.374 e. The monoisotopic (exact) mass is 309 g/mol.